The minimum Gasteiger partial charge on any atom is -0.497 e. The highest BCUT2D eigenvalue weighted by Gasteiger charge is 2.15. The lowest BCUT2D eigenvalue weighted by molar-refractivity contribution is -0.385. The molecule has 138 valence electrons. The van der Waals surface area contributed by atoms with Crippen molar-refractivity contribution < 1.29 is 14.5 Å². The molecule has 0 saturated heterocycles. The molecule has 0 heterocycles. The number of hydrogen-bond acceptors (Lipinski definition) is 5. The molecule has 2 rings (SSSR count). The third-order valence-electron chi connectivity index (χ3n) is 3.94. The van der Waals surface area contributed by atoms with Gasteiger partial charge >= 0.3 is 0 Å². The second kappa shape index (κ2) is 9.53. The molecule has 0 aliphatic carbocycles. The van der Waals surface area contributed by atoms with Gasteiger partial charge in [-0.2, -0.15) is 0 Å². The summed E-state index contributed by atoms with van der Waals surface area (Å²) in [4.78, 5) is 24.4. The molecule has 0 fully saturated rings. The van der Waals surface area contributed by atoms with Gasteiger partial charge in [0.05, 0.1) is 18.6 Å². The van der Waals surface area contributed by atoms with Gasteiger partial charge < -0.3 is 10.1 Å². The fraction of sp³-hybridized carbons (Fsp3) is 0.316. The van der Waals surface area contributed by atoms with Gasteiger partial charge in [0.1, 0.15) is 5.75 Å². The second-order valence-corrected chi connectivity index (χ2v) is 6.01. The smallest absolute Gasteiger partial charge is 0.273 e. The van der Waals surface area contributed by atoms with Crippen LogP contribution in [0.3, 0.4) is 0 Å². The van der Waals surface area contributed by atoms with E-state index in [0.29, 0.717) is 18.7 Å². The van der Waals surface area contributed by atoms with Crippen LogP contribution in [-0.2, 0) is 17.8 Å². The molecule has 7 heteroatoms. The van der Waals surface area contributed by atoms with Crippen LogP contribution in [0.25, 0.3) is 0 Å². The number of carbonyl (C=O) groups is 1. The summed E-state index contributed by atoms with van der Waals surface area (Å²) in [6.07, 6.45) is 0.726. The van der Waals surface area contributed by atoms with E-state index in [4.69, 9.17) is 4.74 Å². The summed E-state index contributed by atoms with van der Waals surface area (Å²) in [5.74, 6) is 0.689. The molecule has 0 atom stereocenters. The number of nitrogens with one attached hydrogen (secondary N) is 1. The fourth-order valence-electron chi connectivity index (χ4n) is 2.61. The Morgan fingerprint density at radius 3 is 2.54 bits per heavy atom. The number of amides is 1. The number of carbonyl (C=O) groups excluding carboxylic acids is 1. The summed E-state index contributed by atoms with van der Waals surface area (Å²) in [5.41, 5.74) is 1.77. The summed E-state index contributed by atoms with van der Waals surface area (Å²) >= 11 is 0. The van der Waals surface area contributed by atoms with Crippen molar-refractivity contribution in [2.24, 2.45) is 0 Å². The third kappa shape index (κ3) is 5.86. The first-order chi connectivity index (χ1) is 12.5. The first kappa shape index (κ1) is 19.4. The van der Waals surface area contributed by atoms with Crippen molar-refractivity contribution >= 4 is 11.6 Å². The normalized spacial score (nSPS) is 10.6. The number of nitrogens with zero attached hydrogens (tertiary/aromatic N) is 2. The maximum absolute atomic E-state index is 12.0. The van der Waals surface area contributed by atoms with Gasteiger partial charge in [-0.1, -0.05) is 30.3 Å². The van der Waals surface area contributed by atoms with Crippen LogP contribution in [0.15, 0.2) is 48.5 Å². The molecule has 7 nitrogen and oxygen atoms in total. The summed E-state index contributed by atoms with van der Waals surface area (Å²) in [5, 5.41) is 13.9. The van der Waals surface area contributed by atoms with Gasteiger partial charge in [-0.15, -0.1) is 0 Å². The van der Waals surface area contributed by atoms with Gasteiger partial charge in [0.15, 0.2) is 0 Å². The quantitative estimate of drug-likeness (QED) is 0.550. The van der Waals surface area contributed by atoms with Gasteiger partial charge in [-0.3, -0.25) is 19.8 Å². The van der Waals surface area contributed by atoms with Gasteiger partial charge in [-0.05, 0) is 31.2 Å². The molecule has 26 heavy (non-hydrogen) atoms. The van der Waals surface area contributed by atoms with E-state index >= 15 is 0 Å². The molecule has 0 aliphatic heterocycles. The van der Waals surface area contributed by atoms with Crippen molar-refractivity contribution in [2.75, 3.05) is 27.2 Å². The number of nitro benzene ring substituents is 1. The van der Waals surface area contributed by atoms with E-state index in [9.17, 15) is 14.9 Å². The monoisotopic (exact) mass is 357 g/mol. The Labute approximate surface area is 152 Å². The zero-order chi connectivity index (χ0) is 18.9. The number of para-hydroxylation sites is 1. The van der Waals surface area contributed by atoms with E-state index in [1.165, 1.54) is 6.07 Å². The third-order valence-corrected chi connectivity index (χ3v) is 3.94. The number of benzene rings is 2. The average Bonchev–Trinajstić information content (AvgIpc) is 2.62. The predicted octanol–water partition coefficient (Wildman–Crippen LogP) is 2.39. The number of methoxy groups -OCH3 is 1. The summed E-state index contributed by atoms with van der Waals surface area (Å²) in [7, 11) is 3.38. The molecule has 0 radical (unpaired) electrons. The predicted molar refractivity (Wildman–Crippen MR) is 99.1 cm³/mol. The lowest BCUT2D eigenvalue weighted by Gasteiger charge is -2.16. The van der Waals surface area contributed by atoms with Crippen molar-refractivity contribution in [3.63, 3.8) is 0 Å². The average molecular weight is 357 g/mol. The molecule has 1 amide bonds. The van der Waals surface area contributed by atoms with Crippen molar-refractivity contribution in [1.82, 2.24) is 10.2 Å². The maximum atomic E-state index is 12.0. The van der Waals surface area contributed by atoms with E-state index in [0.717, 1.165) is 17.7 Å². The topological polar surface area (TPSA) is 84.7 Å². The number of hydrogen-bond donors (Lipinski definition) is 1. The molecule has 0 saturated carbocycles. The van der Waals surface area contributed by atoms with Gasteiger partial charge in [0.25, 0.3) is 5.69 Å². The molecule has 0 bridgehead atoms. The zero-order valence-corrected chi connectivity index (χ0v) is 15.0. The second-order valence-electron chi connectivity index (χ2n) is 6.01. The van der Waals surface area contributed by atoms with Crippen molar-refractivity contribution in [3.05, 3.63) is 69.8 Å². The van der Waals surface area contributed by atoms with E-state index < -0.39 is 4.92 Å². The van der Waals surface area contributed by atoms with Crippen LogP contribution in [0.2, 0.25) is 0 Å². The van der Waals surface area contributed by atoms with Crippen LogP contribution in [-0.4, -0.2) is 43.0 Å². The first-order valence-electron chi connectivity index (χ1n) is 8.30. The van der Waals surface area contributed by atoms with E-state index in [1.807, 2.05) is 24.3 Å². The van der Waals surface area contributed by atoms with E-state index in [1.54, 1.807) is 37.3 Å². The minimum absolute atomic E-state index is 0.0688. The van der Waals surface area contributed by atoms with Crippen molar-refractivity contribution in [2.45, 2.75) is 13.0 Å². The first-order valence-corrected chi connectivity index (χ1v) is 8.30. The maximum Gasteiger partial charge on any atom is 0.273 e. The number of ether oxygens (including phenoxy) is 1. The SMILES string of the molecule is COc1ccc(CCNC(=O)CN(C)Cc2ccccc2[N+](=O)[O-])cc1. The Morgan fingerprint density at radius 1 is 1.19 bits per heavy atom. The lowest BCUT2D eigenvalue weighted by Crippen LogP contribution is -2.35. The standard InChI is InChI=1S/C19H23N3O4/c1-21(13-16-5-3-4-6-18(16)22(24)25)14-19(23)20-12-11-15-7-9-17(26-2)10-8-15/h3-10H,11-14H2,1-2H3,(H,20,23). The molecule has 0 spiro atoms. The van der Waals surface area contributed by atoms with Crippen molar-refractivity contribution in [3.8, 4) is 5.75 Å². The summed E-state index contributed by atoms with van der Waals surface area (Å²) < 4.78 is 5.11. The van der Waals surface area contributed by atoms with Gasteiger partial charge in [0.2, 0.25) is 5.91 Å². The molecular weight excluding hydrogens is 334 g/mol. The lowest BCUT2D eigenvalue weighted by atomic mass is 10.1. The molecule has 0 unspecified atom stereocenters. The Balaban J connectivity index is 1.77. The molecule has 0 aromatic heterocycles. The molecule has 2 aromatic carbocycles. The molecule has 2 aromatic rings. The van der Waals surface area contributed by atoms with Gasteiger partial charge in [-0.25, -0.2) is 0 Å². The largest absolute Gasteiger partial charge is 0.497 e. The van der Waals surface area contributed by atoms with Crippen LogP contribution in [0.4, 0.5) is 5.69 Å². The van der Waals surface area contributed by atoms with Crippen LogP contribution in [0, 0.1) is 10.1 Å². The summed E-state index contributed by atoms with van der Waals surface area (Å²) in [6, 6.07) is 14.3. The Bertz CT molecular complexity index is 747. The minimum atomic E-state index is -0.405. The van der Waals surface area contributed by atoms with E-state index in [2.05, 4.69) is 5.32 Å². The summed E-state index contributed by atoms with van der Waals surface area (Å²) in [6.45, 7) is 1.04. The molecule has 0 aliphatic rings. The Morgan fingerprint density at radius 2 is 1.88 bits per heavy atom. The highest BCUT2D eigenvalue weighted by atomic mass is 16.6. The van der Waals surface area contributed by atoms with Crippen LogP contribution >= 0.6 is 0 Å². The van der Waals surface area contributed by atoms with Crippen LogP contribution in [0.5, 0.6) is 5.75 Å². The highest BCUT2D eigenvalue weighted by molar-refractivity contribution is 5.78. The fourth-order valence-corrected chi connectivity index (χ4v) is 2.61. The molecular formula is C19H23N3O4. The Kier molecular flexibility index (Phi) is 7.11. The van der Waals surface area contributed by atoms with Crippen molar-refractivity contribution in [1.29, 1.82) is 0 Å². The van der Waals surface area contributed by atoms with Crippen LogP contribution < -0.4 is 10.1 Å². The Hall–Kier alpha value is -2.93. The number of nitro groups is 1. The van der Waals surface area contributed by atoms with E-state index in [-0.39, 0.29) is 18.1 Å². The number of likely N-dealkylation sites (N-methyl/N-ethyl adjacent to an activating group) is 1. The zero-order valence-electron chi connectivity index (χ0n) is 15.0. The van der Waals surface area contributed by atoms with Crippen LogP contribution in [0.1, 0.15) is 11.1 Å². The number of rotatable bonds is 9. The highest BCUT2D eigenvalue weighted by Crippen LogP contribution is 2.18. The molecule has 1 N–H and O–H groups in total. The van der Waals surface area contributed by atoms with Gasteiger partial charge in [0, 0.05) is 24.7 Å².